The molecule has 7 nitrogen and oxygen atoms in total. The van der Waals surface area contributed by atoms with E-state index in [1.165, 1.54) is 0 Å². The van der Waals surface area contributed by atoms with Gasteiger partial charge in [0.1, 0.15) is 17.4 Å². The molecule has 4 rings (SSSR count). The van der Waals surface area contributed by atoms with Crippen LogP contribution in [-0.4, -0.2) is 56.7 Å². The topological polar surface area (TPSA) is 76.8 Å². The normalized spacial score (nSPS) is 33.8. The number of aliphatic hydroxyl groups excluding tert-OH is 1. The molecule has 1 unspecified atom stereocenters. The van der Waals surface area contributed by atoms with E-state index in [0.717, 1.165) is 50.9 Å². The molecule has 28 heavy (non-hydrogen) atoms. The molecule has 4 heterocycles. The van der Waals surface area contributed by atoms with Crippen molar-refractivity contribution in [3.63, 3.8) is 0 Å². The van der Waals surface area contributed by atoms with E-state index in [1.807, 2.05) is 37.7 Å². The molecule has 0 amide bonds. The lowest BCUT2D eigenvalue weighted by molar-refractivity contribution is -0.167. The minimum Gasteiger partial charge on any atom is -0.459 e. The summed E-state index contributed by atoms with van der Waals surface area (Å²) >= 11 is 0. The average molecular weight is 392 g/mol. The van der Waals surface area contributed by atoms with Crippen molar-refractivity contribution in [3.8, 4) is 0 Å². The van der Waals surface area contributed by atoms with Crippen molar-refractivity contribution in [2.45, 2.75) is 82.7 Å². The van der Waals surface area contributed by atoms with E-state index in [1.54, 1.807) is 0 Å². The molecule has 0 aliphatic carbocycles. The maximum absolute atomic E-state index is 13.2. The van der Waals surface area contributed by atoms with E-state index in [4.69, 9.17) is 14.6 Å². The van der Waals surface area contributed by atoms with Crippen molar-refractivity contribution in [2.24, 2.45) is 5.92 Å². The third kappa shape index (κ3) is 3.48. The summed E-state index contributed by atoms with van der Waals surface area (Å²) in [6, 6.07) is 1.96. The van der Waals surface area contributed by atoms with Gasteiger partial charge in [-0.15, -0.1) is 0 Å². The predicted octanol–water partition coefficient (Wildman–Crippen LogP) is 2.81. The van der Waals surface area contributed by atoms with Crippen molar-refractivity contribution in [3.05, 3.63) is 18.0 Å². The number of carbonyl (C=O) groups is 1. The molecule has 0 spiro atoms. The van der Waals surface area contributed by atoms with Crippen LogP contribution < -0.4 is 0 Å². The summed E-state index contributed by atoms with van der Waals surface area (Å²) in [5.74, 6) is -0.183. The van der Waals surface area contributed by atoms with Crippen LogP contribution in [0.15, 0.2) is 12.3 Å². The van der Waals surface area contributed by atoms with Gasteiger partial charge < -0.3 is 14.6 Å². The van der Waals surface area contributed by atoms with Gasteiger partial charge in [0, 0.05) is 31.9 Å². The molecule has 1 aromatic rings. The lowest BCUT2D eigenvalue weighted by Gasteiger charge is -2.35. The summed E-state index contributed by atoms with van der Waals surface area (Å²) < 4.78 is 13.6. The van der Waals surface area contributed by atoms with Crippen molar-refractivity contribution >= 4 is 5.97 Å². The Morgan fingerprint density at radius 2 is 2.21 bits per heavy atom. The van der Waals surface area contributed by atoms with Crippen molar-refractivity contribution in [1.29, 1.82) is 0 Å². The number of rotatable bonds is 4. The summed E-state index contributed by atoms with van der Waals surface area (Å²) in [5, 5.41) is 14.9. The number of aromatic nitrogens is 2. The number of ether oxygens (including phenoxy) is 2. The smallest absolute Gasteiger partial charge is 0.327 e. The molecule has 3 aliphatic rings. The van der Waals surface area contributed by atoms with E-state index < -0.39 is 11.1 Å². The molecule has 0 radical (unpaired) electrons. The maximum atomic E-state index is 13.2. The van der Waals surface area contributed by atoms with Crippen molar-refractivity contribution in [1.82, 2.24) is 14.7 Å². The number of hydrogen-bond donors (Lipinski definition) is 1. The zero-order valence-electron chi connectivity index (χ0n) is 17.3. The molecule has 0 bridgehead atoms. The third-order valence-electron chi connectivity index (χ3n) is 6.32. The minimum absolute atomic E-state index is 0.00864. The zero-order chi connectivity index (χ0) is 19.9. The van der Waals surface area contributed by atoms with Crippen LogP contribution in [0.2, 0.25) is 0 Å². The molecule has 3 fully saturated rings. The second-order valence-corrected chi connectivity index (χ2v) is 9.46. The Labute approximate surface area is 167 Å². The number of carbonyl (C=O) groups excluding carboxylic acids is 1. The Kier molecular flexibility index (Phi) is 5.27. The lowest BCUT2D eigenvalue weighted by Crippen LogP contribution is -2.49. The van der Waals surface area contributed by atoms with Gasteiger partial charge in [-0.25, -0.2) is 4.68 Å². The van der Waals surface area contributed by atoms with E-state index in [-0.39, 0.29) is 30.8 Å². The molecular formula is C21H33N3O4. The molecule has 7 heteroatoms. The SMILES string of the molecule is CC(C)(C)OC(=O)[C@]12CCCN1[C@@H](c1ccn(C3CCCCO3)n1)[C@@H](CO)C2. The average Bonchev–Trinajstić information content (AvgIpc) is 3.34. The van der Waals surface area contributed by atoms with Crippen molar-refractivity contribution < 1.29 is 19.4 Å². The quantitative estimate of drug-likeness (QED) is 0.796. The molecule has 4 atom stereocenters. The first kappa shape index (κ1) is 19.9. The standard InChI is InChI=1S/C21H33N3O4/c1-20(2,3)28-19(26)21-9-6-10-23(21)18(15(13-21)14-25)16-8-11-24(22-16)17-7-4-5-12-27-17/h8,11,15,17-18,25H,4-7,9-10,12-14H2,1-3H3/t15-,17?,18-,21-/m1/s1. The molecule has 3 saturated heterocycles. The summed E-state index contributed by atoms with van der Waals surface area (Å²) in [5.41, 5.74) is -0.246. The fourth-order valence-corrected chi connectivity index (χ4v) is 5.17. The van der Waals surface area contributed by atoms with Crippen LogP contribution in [0.4, 0.5) is 0 Å². The first-order valence-corrected chi connectivity index (χ1v) is 10.6. The summed E-state index contributed by atoms with van der Waals surface area (Å²) in [4.78, 5) is 15.4. The number of hydrogen-bond acceptors (Lipinski definition) is 6. The summed E-state index contributed by atoms with van der Waals surface area (Å²) in [6.07, 6.45) is 7.55. The van der Waals surface area contributed by atoms with Crippen LogP contribution in [0.5, 0.6) is 0 Å². The molecule has 1 N–H and O–H groups in total. The molecule has 0 aromatic carbocycles. The van der Waals surface area contributed by atoms with Crippen LogP contribution in [-0.2, 0) is 14.3 Å². The van der Waals surface area contributed by atoms with Gasteiger partial charge in [-0.3, -0.25) is 9.69 Å². The second kappa shape index (κ2) is 7.43. The maximum Gasteiger partial charge on any atom is 0.327 e. The predicted molar refractivity (Wildman–Crippen MR) is 104 cm³/mol. The van der Waals surface area contributed by atoms with E-state index in [0.29, 0.717) is 6.42 Å². The Morgan fingerprint density at radius 3 is 2.89 bits per heavy atom. The van der Waals surface area contributed by atoms with Crippen LogP contribution in [0.25, 0.3) is 0 Å². The lowest BCUT2D eigenvalue weighted by atomic mass is 9.88. The van der Waals surface area contributed by atoms with Crippen molar-refractivity contribution in [2.75, 3.05) is 19.8 Å². The van der Waals surface area contributed by atoms with E-state index >= 15 is 0 Å². The monoisotopic (exact) mass is 391 g/mol. The molecular weight excluding hydrogens is 358 g/mol. The van der Waals surface area contributed by atoms with Gasteiger partial charge in [-0.2, -0.15) is 5.10 Å². The van der Waals surface area contributed by atoms with Crippen LogP contribution in [0.3, 0.4) is 0 Å². The zero-order valence-corrected chi connectivity index (χ0v) is 17.3. The fraction of sp³-hybridized carbons (Fsp3) is 0.810. The van der Waals surface area contributed by atoms with Crippen LogP contribution in [0, 0.1) is 5.92 Å². The highest BCUT2D eigenvalue weighted by molar-refractivity contribution is 5.82. The Bertz CT molecular complexity index is 707. The van der Waals surface area contributed by atoms with Crippen LogP contribution >= 0.6 is 0 Å². The summed E-state index contributed by atoms with van der Waals surface area (Å²) in [6.45, 7) is 7.36. The Morgan fingerprint density at radius 1 is 1.39 bits per heavy atom. The Balaban J connectivity index is 1.60. The highest BCUT2D eigenvalue weighted by atomic mass is 16.6. The molecule has 156 valence electrons. The van der Waals surface area contributed by atoms with Gasteiger partial charge in [-0.1, -0.05) is 0 Å². The minimum atomic E-state index is -0.642. The first-order valence-electron chi connectivity index (χ1n) is 10.6. The molecule has 1 aromatic heterocycles. The third-order valence-corrected chi connectivity index (χ3v) is 6.32. The fourth-order valence-electron chi connectivity index (χ4n) is 5.17. The summed E-state index contributed by atoms with van der Waals surface area (Å²) in [7, 11) is 0. The Hall–Kier alpha value is -1.44. The largest absolute Gasteiger partial charge is 0.459 e. The van der Waals surface area contributed by atoms with E-state index in [9.17, 15) is 9.90 Å². The second-order valence-electron chi connectivity index (χ2n) is 9.46. The number of fused-ring (bicyclic) bond motifs is 1. The first-order chi connectivity index (χ1) is 13.3. The van der Waals surface area contributed by atoms with Gasteiger partial charge in [0.15, 0.2) is 0 Å². The highest BCUT2D eigenvalue weighted by Crippen LogP contribution is 2.52. The van der Waals surface area contributed by atoms with Gasteiger partial charge in [0.25, 0.3) is 0 Å². The number of nitrogens with zero attached hydrogens (tertiary/aromatic N) is 3. The van der Waals surface area contributed by atoms with Gasteiger partial charge in [0.2, 0.25) is 0 Å². The van der Waals surface area contributed by atoms with E-state index in [2.05, 4.69) is 4.90 Å². The number of aliphatic hydroxyl groups is 1. The molecule has 0 saturated carbocycles. The van der Waals surface area contributed by atoms with Gasteiger partial charge in [-0.05, 0) is 65.4 Å². The highest BCUT2D eigenvalue weighted by Gasteiger charge is 2.60. The van der Waals surface area contributed by atoms with Crippen LogP contribution in [0.1, 0.15) is 77.3 Å². The van der Waals surface area contributed by atoms with Gasteiger partial charge >= 0.3 is 5.97 Å². The number of esters is 1. The van der Waals surface area contributed by atoms with Gasteiger partial charge in [0.05, 0.1) is 11.7 Å². The molecule has 3 aliphatic heterocycles.